The molecule has 2 aromatic carbocycles. The van der Waals surface area contributed by atoms with Gasteiger partial charge < -0.3 is 19.6 Å². The predicted octanol–water partition coefficient (Wildman–Crippen LogP) is 3.47. The monoisotopic (exact) mass is 435 g/mol. The number of carbonyl (C=O) groups excluding carboxylic acids is 3. The Kier molecular flexibility index (Phi) is 6.90. The van der Waals surface area contributed by atoms with Gasteiger partial charge in [-0.1, -0.05) is 60.7 Å². The molecule has 0 spiro atoms. The maximum absolute atomic E-state index is 13.1. The second-order valence-corrected chi connectivity index (χ2v) is 7.29. The van der Waals surface area contributed by atoms with E-state index in [-0.39, 0.29) is 17.9 Å². The van der Waals surface area contributed by atoms with Crippen molar-refractivity contribution in [1.82, 2.24) is 4.98 Å². The molecule has 2 N–H and O–H groups in total. The normalized spacial score (nSPS) is 11.1. The molecule has 3 rings (SSSR count). The number of H-pyrrole nitrogens is 1. The zero-order valence-corrected chi connectivity index (χ0v) is 18.2. The number of ketones is 1. The van der Waals surface area contributed by atoms with Gasteiger partial charge in [0.05, 0.1) is 6.61 Å². The van der Waals surface area contributed by atoms with Crippen molar-refractivity contribution in [3.05, 3.63) is 94.3 Å². The molecular formula is C25H25NO6. The molecule has 0 amide bonds. The van der Waals surface area contributed by atoms with E-state index in [1.165, 1.54) is 0 Å². The number of nitrogens with one attached hydrogen (secondary N) is 1. The first kappa shape index (κ1) is 23.0. The summed E-state index contributed by atoms with van der Waals surface area (Å²) in [6.07, 6.45) is 0. The first-order valence-corrected chi connectivity index (χ1v) is 10.2. The smallest absolute Gasteiger partial charge is 0.355 e. The third kappa shape index (κ3) is 4.33. The van der Waals surface area contributed by atoms with Gasteiger partial charge in [-0.25, -0.2) is 9.59 Å². The number of aryl methyl sites for hydroxylation is 1. The van der Waals surface area contributed by atoms with Crippen molar-refractivity contribution in [3.63, 3.8) is 0 Å². The molecule has 166 valence electrons. The number of benzene rings is 2. The fraction of sp³-hybridized carbons (Fsp3) is 0.240. The molecule has 0 saturated heterocycles. The van der Waals surface area contributed by atoms with E-state index in [0.717, 1.165) is 0 Å². The van der Waals surface area contributed by atoms with Crippen LogP contribution in [0.5, 0.6) is 0 Å². The van der Waals surface area contributed by atoms with Gasteiger partial charge in [0.2, 0.25) is 11.4 Å². The number of aromatic nitrogens is 1. The van der Waals surface area contributed by atoms with Gasteiger partial charge in [-0.15, -0.1) is 0 Å². The maximum atomic E-state index is 13.1. The Labute approximate surface area is 186 Å². The first-order valence-electron chi connectivity index (χ1n) is 10.2. The molecule has 1 heterocycles. The molecule has 1 aromatic heterocycles. The van der Waals surface area contributed by atoms with Crippen LogP contribution in [0.1, 0.15) is 50.2 Å². The Morgan fingerprint density at radius 3 is 1.94 bits per heavy atom. The number of hydrogen-bond donors (Lipinski definition) is 2. The van der Waals surface area contributed by atoms with Crippen molar-refractivity contribution < 1.29 is 29.0 Å². The predicted molar refractivity (Wildman–Crippen MR) is 117 cm³/mol. The minimum absolute atomic E-state index is 0.184. The highest BCUT2D eigenvalue weighted by atomic mass is 16.6. The van der Waals surface area contributed by atoms with E-state index < -0.39 is 29.9 Å². The summed E-state index contributed by atoms with van der Waals surface area (Å²) in [6.45, 7) is 4.57. The van der Waals surface area contributed by atoms with E-state index in [1.807, 2.05) is 0 Å². The molecule has 7 nitrogen and oxygen atoms in total. The van der Waals surface area contributed by atoms with Gasteiger partial charge in [-0.2, -0.15) is 0 Å². The largest absolute Gasteiger partial charge is 0.461 e. The van der Waals surface area contributed by atoms with Crippen LogP contribution in [0.2, 0.25) is 0 Å². The highest BCUT2D eigenvalue weighted by Gasteiger charge is 2.42. The molecule has 0 aliphatic carbocycles. The lowest BCUT2D eigenvalue weighted by Gasteiger charge is -2.27. The van der Waals surface area contributed by atoms with Crippen LogP contribution in [-0.4, -0.2) is 41.0 Å². The summed E-state index contributed by atoms with van der Waals surface area (Å²) in [5.74, 6) is -2.03. The minimum atomic E-state index is -2.08. The Hall–Kier alpha value is -3.71. The number of esters is 2. The highest BCUT2D eigenvalue weighted by molar-refractivity contribution is 6.04. The topological polar surface area (TPSA) is 106 Å². The average molecular weight is 435 g/mol. The second-order valence-electron chi connectivity index (χ2n) is 7.29. The van der Waals surface area contributed by atoms with E-state index in [9.17, 15) is 19.5 Å². The molecule has 0 unspecified atom stereocenters. The number of Topliss-reactive ketones (excluding diaryl/α,β-unsaturated/α-hetero) is 1. The first-order chi connectivity index (χ1) is 15.3. The van der Waals surface area contributed by atoms with E-state index in [2.05, 4.69) is 4.98 Å². The van der Waals surface area contributed by atoms with Gasteiger partial charge in [0, 0.05) is 11.3 Å². The lowest BCUT2D eigenvalue weighted by molar-refractivity contribution is -0.160. The summed E-state index contributed by atoms with van der Waals surface area (Å²) in [4.78, 5) is 40.9. The van der Waals surface area contributed by atoms with Crippen LogP contribution >= 0.6 is 0 Å². The van der Waals surface area contributed by atoms with Crippen molar-refractivity contribution in [2.75, 3.05) is 13.2 Å². The number of hydrogen-bond acceptors (Lipinski definition) is 6. The Morgan fingerprint density at radius 2 is 1.44 bits per heavy atom. The van der Waals surface area contributed by atoms with Crippen molar-refractivity contribution in [2.24, 2.45) is 0 Å². The molecule has 7 heteroatoms. The fourth-order valence-electron chi connectivity index (χ4n) is 3.64. The van der Waals surface area contributed by atoms with Crippen LogP contribution in [-0.2, 0) is 19.9 Å². The Bertz CT molecular complexity index is 1080. The van der Waals surface area contributed by atoms with E-state index >= 15 is 0 Å². The van der Waals surface area contributed by atoms with Gasteiger partial charge in [0.25, 0.3) is 0 Å². The third-order valence-electron chi connectivity index (χ3n) is 5.21. The van der Waals surface area contributed by atoms with Crippen molar-refractivity contribution in [2.45, 2.75) is 26.4 Å². The quantitative estimate of drug-likeness (QED) is 0.415. The van der Waals surface area contributed by atoms with Gasteiger partial charge in [-0.05, 0) is 37.5 Å². The third-order valence-corrected chi connectivity index (χ3v) is 5.21. The molecule has 0 fully saturated rings. The lowest BCUT2D eigenvalue weighted by Crippen LogP contribution is -2.39. The standard InChI is InChI=1S/C25H25NO6/c1-4-31-23(28)22-16(2)21(17(3)26-22)20(27)15-32-24(29)25(30,18-11-7-5-8-12-18)19-13-9-6-10-14-19/h5-14,26,30H,4,15H2,1-3H3. The van der Waals surface area contributed by atoms with Gasteiger partial charge in [0.1, 0.15) is 5.69 Å². The zero-order valence-electron chi connectivity index (χ0n) is 18.2. The number of aliphatic hydroxyl groups is 1. The van der Waals surface area contributed by atoms with Crippen LogP contribution in [0, 0.1) is 13.8 Å². The van der Waals surface area contributed by atoms with E-state index in [0.29, 0.717) is 22.4 Å². The van der Waals surface area contributed by atoms with Crippen LogP contribution < -0.4 is 0 Å². The Morgan fingerprint density at radius 1 is 0.906 bits per heavy atom. The van der Waals surface area contributed by atoms with Gasteiger partial charge >= 0.3 is 11.9 Å². The van der Waals surface area contributed by atoms with Crippen molar-refractivity contribution >= 4 is 17.7 Å². The number of ether oxygens (including phenoxy) is 2. The van der Waals surface area contributed by atoms with E-state index in [4.69, 9.17) is 9.47 Å². The fourth-order valence-corrected chi connectivity index (χ4v) is 3.64. The van der Waals surface area contributed by atoms with Crippen LogP contribution in [0.3, 0.4) is 0 Å². The molecule has 32 heavy (non-hydrogen) atoms. The molecule has 0 aliphatic heterocycles. The molecular weight excluding hydrogens is 410 g/mol. The SMILES string of the molecule is CCOC(=O)c1[nH]c(C)c(C(=O)COC(=O)C(O)(c2ccccc2)c2ccccc2)c1C. The summed E-state index contributed by atoms with van der Waals surface area (Å²) >= 11 is 0. The molecule has 0 bridgehead atoms. The number of aromatic amines is 1. The summed E-state index contributed by atoms with van der Waals surface area (Å²) in [6, 6.07) is 16.8. The molecule has 0 saturated carbocycles. The zero-order chi connectivity index (χ0) is 23.3. The van der Waals surface area contributed by atoms with Crippen LogP contribution in [0.4, 0.5) is 0 Å². The average Bonchev–Trinajstić information content (AvgIpc) is 3.12. The summed E-state index contributed by atoms with van der Waals surface area (Å²) in [5, 5.41) is 11.4. The van der Waals surface area contributed by atoms with Crippen LogP contribution in [0.15, 0.2) is 60.7 Å². The maximum Gasteiger partial charge on any atom is 0.355 e. The molecule has 0 atom stereocenters. The Balaban J connectivity index is 1.85. The van der Waals surface area contributed by atoms with Crippen molar-refractivity contribution in [3.8, 4) is 0 Å². The summed E-state index contributed by atoms with van der Waals surface area (Å²) < 4.78 is 10.3. The van der Waals surface area contributed by atoms with Crippen molar-refractivity contribution in [1.29, 1.82) is 0 Å². The number of carbonyl (C=O) groups is 3. The molecule has 3 aromatic rings. The summed E-state index contributed by atoms with van der Waals surface area (Å²) in [5.41, 5.74) is -0.116. The lowest BCUT2D eigenvalue weighted by atomic mass is 9.86. The van der Waals surface area contributed by atoms with E-state index in [1.54, 1.807) is 81.4 Å². The molecule has 0 aliphatic rings. The van der Waals surface area contributed by atoms with Crippen LogP contribution in [0.25, 0.3) is 0 Å². The van der Waals surface area contributed by atoms with Gasteiger partial charge in [-0.3, -0.25) is 4.79 Å². The highest BCUT2D eigenvalue weighted by Crippen LogP contribution is 2.31. The second kappa shape index (κ2) is 9.62. The summed E-state index contributed by atoms with van der Waals surface area (Å²) in [7, 11) is 0. The minimum Gasteiger partial charge on any atom is -0.461 e. The molecule has 0 radical (unpaired) electrons. The van der Waals surface area contributed by atoms with Gasteiger partial charge in [0.15, 0.2) is 6.61 Å². The number of rotatable bonds is 8.